The lowest BCUT2D eigenvalue weighted by molar-refractivity contribution is 0.624. The van der Waals surface area contributed by atoms with E-state index in [9.17, 15) is 4.39 Å². The topological polar surface area (TPSA) is 24.9 Å². The quantitative estimate of drug-likeness (QED) is 0.717. The molecule has 1 N–H and O–H groups in total. The molecule has 0 radical (unpaired) electrons. The van der Waals surface area contributed by atoms with Gasteiger partial charge in [-0.15, -0.1) is 0 Å². The lowest BCUT2D eigenvalue weighted by Gasteiger charge is -2.01. The molecule has 2 aromatic rings. The molecule has 72 valence electrons. The summed E-state index contributed by atoms with van der Waals surface area (Å²) in [5, 5.41) is 4.43. The number of rotatable bonds is 0. The maximum Gasteiger partial charge on any atom is 0.125 e. The Morgan fingerprint density at radius 3 is 3.29 bits per heavy atom. The molecule has 0 bridgehead atoms. The Labute approximate surface area is 84.9 Å². The largest absolute Gasteiger partial charge is 0.312 e. The first-order valence-corrected chi connectivity index (χ1v) is 5.39. The number of hydrogen-bond acceptors (Lipinski definition) is 3. The second-order valence-electron chi connectivity index (χ2n) is 3.49. The fraction of sp³-hybridized carbons (Fsp3) is 0.300. The minimum Gasteiger partial charge on any atom is -0.312 e. The van der Waals surface area contributed by atoms with Crippen molar-refractivity contribution in [2.45, 2.75) is 13.0 Å². The average Bonchev–Trinajstić information content (AvgIpc) is 2.43. The molecule has 3 rings (SSSR count). The molecule has 0 spiro atoms. The molecule has 1 aliphatic rings. The van der Waals surface area contributed by atoms with Crippen LogP contribution in [-0.4, -0.2) is 10.9 Å². The first-order valence-electron chi connectivity index (χ1n) is 4.62. The van der Waals surface area contributed by atoms with Gasteiger partial charge in [0.25, 0.3) is 0 Å². The summed E-state index contributed by atoms with van der Waals surface area (Å²) in [5.74, 6) is -0.161. The Kier molecular flexibility index (Phi) is 1.78. The van der Waals surface area contributed by atoms with Crippen LogP contribution in [0.15, 0.2) is 12.1 Å². The fourth-order valence-corrected chi connectivity index (χ4v) is 2.82. The molecule has 1 aliphatic heterocycles. The molecular formula is C10H9FN2S. The molecule has 14 heavy (non-hydrogen) atoms. The van der Waals surface area contributed by atoms with Gasteiger partial charge in [0.1, 0.15) is 5.82 Å². The third-order valence-corrected chi connectivity index (χ3v) is 3.38. The van der Waals surface area contributed by atoms with Gasteiger partial charge in [-0.25, -0.2) is 4.39 Å². The summed E-state index contributed by atoms with van der Waals surface area (Å²) < 4.78 is 18.5. The molecule has 1 aromatic carbocycles. The standard InChI is InChI=1S/C10H9FN2S/c11-7-3-6-5-12-2-1-8-10(6)9(4-7)14-13-8/h3-4,12H,1-2,5H2. The van der Waals surface area contributed by atoms with Crippen LogP contribution in [0.5, 0.6) is 0 Å². The van der Waals surface area contributed by atoms with E-state index in [1.807, 2.05) is 0 Å². The van der Waals surface area contributed by atoms with Crippen molar-refractivity contribution in [3.63, 3.8) is 0 Å². The Bertz CT molecular complexity index is 492. The van der Waals surface area contributed by atoms with Gasteiger partial charge in [-0.1, -0.05) is 0 Å². The molecule has 2 nitrogen and oxygen atoms in total. The van der Waals surface area contributed by atoms with Crippen LogP contribution in [-0.2, 0) is 13.0 Å². The first kappa shape index (κ1) is 8.32. The smallest absolute Gasteiger partial charge is 0.125 e. The van der Waals surface area contributed by atoms with Gasteiger partial charge in [-0.05, 0) is 29.2 Å². The van der Waals surface area contributed by atoms with E-state index in [4.69, 9.17) is 0 Å². The van der Waals surface area contributed by atoms with Gasteiger partial charge in [-0.3, -0.25) is 0 Å². The summed E-state index contributed by atoms with van der Waals surface area (Å²) in [6.45, 7) is 1.68. The van der Waals surface area contributed by atoms with Crippen LogP contribution in [0.1, 0.15) is 11.3 Å². The zero-order valence-electron chi connectivity index (χ0n) is 7.51. The van der Waals surface area contributed by atoms with Gasteiger partial charge in [-0.2, -0.15) is 4.37 Å². The number of nitrogens with one attached hydrogen (secondary N) is 1. The van der Waals surface area contributed by atoms with E-state index in [2.05, 4.69) is 9.69 Å². The minimum atomic E-state index is -0.161. The molecular weight excluding hydrogens is 199 g/mol. The van der Waals surface area contributed by atoms with Crippen LogP contribution < -0.4 is 5.32 Å². The number of nitrogens with zero attached hydrogens (tertiary/aromatic N) is 1. The molecule has 0 saturated carbocycles. The van der Waals surface area contributed by atoms with E-state index in [0.29, 0.717) is 0 Å². The zero-order chi connectivity index (χ0) is 9.54. The summed E-state index contributed by atoms with van der Waals surface area (Å²) in [6.07, 6.45) is 0.943. The van der Waals surface area contributed by atoms with Crippen molar-refractivity contribution in [1.82, 2.24) is 9.69 Å². The molecule has 0 aliphatic carbocycles. The van der Waals surface area contributed by atoms with Gasteiger partial charge in [0.05, 0.1) is 10.4 Å². The number of benzene rings is 1. The second kappa shape index (κ2) is 3.00. The number of hydrogen-bond donors (Lipinski definition) is 1. The Morgan fingerprint density at radius 1 is 1.43 bits per heavy atom. The van der Waals surface area contributed by atoms with E-state index in [1.165, 1.54) is 16.9 Å². The van der Waals surface area contributed by atoms with E-state index in [-0.39, 0.29) is 5.82 Å². The predicted octanol–water partition coefficient (Wildman–Crippen LogP) is 2.08. The van der Waals surface area contributed by atoms with Crippen LogP contribution in [0.4, 0.5) is 4.39 Å². The van der Waals surface area contributed by atoms with E-state index < -0.39 is 0 Å². The van der Waals surface area contributed by atoms with Gasteiger partial charge in [0.15, 0.2) is 0 Å². The van der Waals surface area contributed by atoms with Crippen molar-refractivity contribution in [1.29, 1.82) is 0 Å². The molecule has 0 unspecified atom stereocenters. The molecule has 2 heterocycles. The van der Waals surface area contributed by atoms with E-state index in [1.54, 1.807) is 12.1 Å². The molecule has 0 atom stereocenters. The zero-order valence-corrected chi connectivity index (χ0v) is 8.33. The Hall–Kier alpha value is -1.00. The SMILES string of the molecule is Fc1cc2c3c(nsc3c1)CCNC2. The number of halogens is 1. The van der Waals surface area contributed by atoms with E-state index >= 15 is 0 Å². The summed E-state index contributed by atoms with van der Waals surface area (Å²) in [5.41, 5.74) is 2.16. The third-order valence-electron chi connectivity index (χ3n) is 2.55. The molecule has 0 amide bonds. The van der Waals surface area contributed by atoms with E-state index in [0.717, 1.165) is 35.5 Å². The fourth-order valence-electron chi connectivity index (χ4n) is 1.93. The Balaban J connectivity index is 2.39. The van der Waals surface area contributed by atoms with Crippen molar-refractivity contribution in [3.05, 3.63) is 29.2 Å². The third kappa shape index (κ3) is 1.14. The maximum atomic E-state index is 13.2. The van der Waals surface area contributed by atoms with Crippen molar-refractivity contribution in [2.75, 3.05) is 6.54 Å². The highest BCUT2D eigenvalue weighted by Gasteiger charge is 2.14. The highest BCUT2D eigenvalue weighted by Crippen LogP contribution is 2.29. The molecule has 0 fully saturated rings. The van der Waals surface area contributed by atoms with Gasteiger partial charge < -0.3 is 5.32 Å². The minimum absolute atomic E-state index is 0.161. The predicted molar refractivity (Wildman–Crippen MR) is 55.0 cm³/mol. The van der Waals surface area contributed by atoms with Gasteiger partial charge in [0.2, 0.25) is 0 Å². The molecule has 1 aromatic heterocycles. The number of aromatic nitrogens is 1. The summed E-state index contributed by atoms with van der Waals surface area (Å²) in [4.78, 5) is 0. The van der Waals surface area contributed by atoms with Gasteiger partial charge >= 0.3 is 0 Å². The summed E-state index contributed by atoms with van der Waals surface area (Å²) in [6, 6.07) is 3.18. The van der Waals surface area contributed by atoms with Crippen LogP contribution in [0.25, 0.3) is 10.1 Å². The average molecular weight is 208 g/mol. The Morgan fingerprint density at radius 2 is 2.36 bits per heavy atom. The van der Waals surface area contributed by atoms with Gasteiger partial charge in [0, 0.05) is 24.9 Å². The second-order valence-corrected chi connectivity index (χ2v) is 4.30. The maximum absolute atomic E-state index is 13.2. The lowest BCUT2D eigenvalue weighted by Crippen LogP contribution is -2.14. The van der Waals surface area contributed by atoms with Crippen LogP contribution in [0.2, 0.25) is 0 Å². The van der Waals surface area contributed by atoms with Crippen molar-refractivity contribution in [2.24, 2.45) is 0 Å². The monoisotopic (exact) mass is 208 g/mol. The van der Waals surface area contributed by atoms with Crippen LogP contribution in [0.3, 0.4) is 0 Å². The highest BCUT2D eigenvalue weighted by atomic mass is 32.1. The van der Waals surface area contributed by atoms with Crippen molar-refractivity contribution in [3.8, 4) is 0 Å². The highest BCUT2D eigenvalue weighted by molar-refractivity contribution is 7.13. The van der Waals surface area contributed by atoms with Crippen molar-refractivity contribution < 1.29 is 4.39 Å². The summed E-state index contributed by atoms with van der Waals surface area (Å²) in [7, 11) is 0. The van der Waals surface area contributed by atoms with Crippen molar-refractivity contribution >= 4 is 21.6 Å². The lowest BCUT2D eigenvalue weighted by atomic mass is 10.1. The van der Waals surface area contributed by atoms with Crippen LogP contribution in [0, 0.1) is 5.82 Å². The summed E-state index contributed by atoms with van der Waals surface area (Å²) >= 11 is 1.40. The van der Waals surface area contributed by atoms with Crippen LogP contribution >= 0.6 is 11.5 Å². The first-order chi connectivity index (χ1) is 6.84. The normalized spacial score (nSPS) is 15.8. The molecule has 4 heteroatoms. The molecule has 0 saturated heterocycles.